The monoisotopic (exact) mass is 199 g/mol. The fourth-order valence-electron chi connectivity index (χ4n) is 2.37. The molecule has 1 fully saturated rings. The fourth-order valence-corrected chi connectivity index (χ4v) is 2.37. The molecule has 0 aromatic carbocycles. The lowest BCUT2D eigenvalue weighted by molar-refractivity contribution is 0.179. The van der Waals surface area contributed by atoms with Crippen molar-refractivity contribution >= 4 is 0 Å². The van der Waals surface area contributed by atoms with Gasteiger partial charge in [-0.2, -0.15) is 0 Å². The van der Waals surface area contributed by atoms with Gasteiger partial charge >= 0.3 is 0 Å². The second kappa shape index (κ2) is 6.41. The molecule has 1 aliphatic carbocycles. The van der Waals surface area contributed by atoms with Crippen LogP contribution in [0.25, 0.3) is 0 Å². The molecular formula is C12H25NO. The zero-order chi connectivity index (χ0) is 10.4. The average Bonchev–Trinajstić information content (AvgIpc) is 2.19. The highest BCUT2D eigenvalue weighted by atomic mass is 16.5. The summed E-state index contributed by atoms with van der Waals surface area (Å²) >= 11 is 0. The van der Waals surface area contributed by atoms with Crippen molar-refractivity contribution in [3.05, 3.63) is 0 Å². The van der Waals surface area contributed by atoms with E-state index >= 15 is 0 Å². The van der Waals surface area contributed by atoms with Crippen molar-refractivity contribution < 1.29 is 4.74 Å². The smallest absolute Gasteiger partial charge is 0.0474 e. The standard InChI is InChI=1S/C12H25NO/c1-10-6-4-7-12(11(10)2)13-8-5-9-14-3/h10-13H,4-9H2,1-3H3. The van der Waals surface area contributed by atoms with Crippen LogP contribution in [-0.2, 0) is 4.74 Å². The van der Waals surface area contributed by atoms with Gasteiger partial charge in [-0.1, -0.05) is 26.7 Å². The van der Waals surface area contributed by atoms with Crippen LogP contribution in [0.3, 0.4) is 0 Å². The molecule has 0 aromatic rings. The maximum atomic E-state index is 5.04. The van der Waals surface area contributed by atoms with E-state index in [9.17, 15) is 0 Å². The lowest BCUT2D eigenvalue weighted by Gasteiger charge is -2.34. The predicted molar refractivity (Wildman–Crippen MR) is 60.5 cm³/mol. The minimum absolute atomic E-state index is 0.746. The van der Waals surface area contributed by atoms with Crippen LogP contribution in [-0.4, -0.2) is 26.3 Å². The molecular weight excluding hydrogens is 174 g/mol. The highest BCUT2D eigenvalue weighted by molar-refractivity contribution is 4.81. The van der Waals surface area contributed by atoms with Gasteiger partial charge in [-0.05, 0) is 31.2 Å². The van der Waals surface area contributed by atoms with E-state index in [-0.39, 0.29) is 0 Å². The molecule has 0 saturated heterocycles. The number of nitrogens with one attached hydrogen (secondary N) is 1. The van der Waals surface area contributed by atoms with Crippen LogP contribution in [0, 0.1) is 11.8 Å². The van der Waals surface area contributed by atoms with Crippen molar-refractivity contribution in [2.24, 2.45) is 11.8 Å². The Hall–Kier alpha value is -0.0800. The number of ether oxygens (including phenoxy) is 1. The molecule has 0 spiro atoms. The highest BCUT2D eigenvalue weighted by Crippen LogP contribution is 2.29. The number of methoxy groups -OCH3 is 1. The summed E-state index contributed by atoms with van der Waals surface area (Å²) in [6, 6.07) is 0.746. The lowest BCUT2D eigenvalue weighted by Crippen LogP contribution is -2.41. The van der Waals surface area contributed by atoms with Gasteiger partial charge in [0, 0.05) is 19.8 Å². The molecule has 1 aliphatic rings. The van der Waals surface area contributed by atoms with Crippen molar-refractivity contribution in [3.8, 4) is 0 Å². The first-order chi connectivity index (χ1) is 6.75. The Kier molecular flexibility index (Phi) is 5.49. The first-order valence-corrected chi connectivity index (χ1v) is 5.98. The Bertz CT molecular complexity index is 149. The van der Waals surface area contributed by atoms with Crippen molar-refractivity contribution in [1.82, 2.24) is 5.32 Å². The third-order valence-electron chi connectivity index (χ3n) is 3.64. The van der Waals surface area contributed by atoms with Gasteiger partial charge in [-0.25, -0.2) is 0 Å². The lowest BCUT2D eigenvalue weighted by atomic mass is 9.78. The van der Waals surface area contributed by atoms with Gasteiger partial charge in [-0.3, -0.25) is 0 Å². The minimum atomic E-state index is 0.746. The van der Waals surface area contributed by atoms with Crippen LogP contribution in [0.1, 0.15) is 39.5 Å². The number of hydrogen-bond donors (Lipinski definition) is 1. The van der Waals surface area contributed by atoms with Crippen molar-refractivity contribution in [3.63, 3.8) is 0 Å². The Morgan fingerprint density at radius 2 is 2.07 bits per heavy atom. The van der Waals surface area contributed by atoms with Gasteiger partial charge < -0.3 is 10.1 Å². The summed E-state index contributed by atoms with van der Waals surface area (Å²) in [7, 11) is 1.77. The van der Waals surface area contributed by atoms with E-state index in [1.54, 1.807) is 7.11 Å². The molecule has 0 radical (unpaired) electrons. The molecule has 1 N–H and O–H groups in total. The molecule has 2 heteroatoms. The molecule has 14 heavy (non-hydrogen) atoms. The summed E-state index contributed by atoms with van der Waals surface area (Å²) in [5.41, 5.74) is 0. The quantitative estimate of drug-likeness (QED) is 0.687. The van der Waals surface area contributed by atoms with Gasteiger partial charge in [-0.15, -0.1) is 0 Å². The number of hydrogen-bond acceptors (Lipinski definition) is 2. The van der Waals surface area contributed by atoms with E-state index in [4.69, 9.17) is 4.74 Å². The third kappa shape index (κ3) is 3.58. The Balaban J connectivity index is 2.15. The summed E-state index contributed by atoms with van der Waals surface area (Å²) < 4.78 is 5.04. The first-order valence-electron chi connectivity index (χ1n) is 5.98. The van der Waals surface area contributed by atoms with Crippen LogP contribution in [0.15, 0.2) is 0 Å². The van der Waals surface area contributed by atoms with E-state index in [1.807, 2.05) is 0 Å². The molecule has 3 atom stereocenters. The van der Waals surface area contributed by atoms with E-state index in [0.717, 1.165) is 37.5 Å². The van der Waals surface area contributed by atoms with Crippen molar-refractivity contribution in [2.45, 2.75) is 45.6 Å². The van der Waals surface area contributed by atoms with E-state index in [1.165, 1.54) is 19.3 Å². The van der Waals surface area contributed by atoms with Gasteiger partial charge in [0.05, 0.1) is 0 Å². The van der Waals surface area contributed by atoms with Crippen molar-refractivity contribution in [2.75, 3.05) is 20.3 Å². The zero-order valence-corrected chi connectivity index (χ0v) is 9.88. The summed E-state index contributed by atoms with van der Waals surface area (Å²) in [5.74, 6) is 1.73. The molecule has 3 unspecified atom stereocenters. The third-order valence-corrected chi connectivity index (χ3v) is 3.64. The van der Waals surface area contributed by atoms with Crippen molar-refractivity contribution in [1.29, 1.82) is 0 Å². The van der Waals surface area contributed by atoms with Gasteiger partial charge in [0.2, 0.25) is 0 Å². The molecule has 0 aliphatic heterocycles. The molecule has 84 valence electrons. The molecule has 0 amide bonds. The second-order valence-electron chi connectivity index (χ2n) is 4.67. The van der Waals surface area contributed by atoms with Gasteiger partial charge in [0.1, 0.15) is 0 Å². The Labute approximate surface area is 88.4 Å². The predicted octanol–water partition coefficient (Wildman–Crippen LogP) is 2.44. The van der Waals surface area contributed by atoms with Crippen LogP contribution >= 0.6 is 0 Å². The van der Waals surface area contributed by atoms with Gasteiger partial charge in [0.15, 0.2) is 0 Å². The summed E-state index contributed by atoms with van der Waals surface area (Å²) in [4.78, 5) is 0. The van der Waals surface area contributed by atoms with Gasteiger partial charge in [0.25, 0.3) is 0 Å². The highest BCUT2D eigenvalue weighted by Gasteiger charge is 2.25. The maximum Gasteiger partial charge on any atom is 0.0474 e. The summed E-state index contributed by atoms with van der Waals surface area (Å²) in [5, 5.41) is 3.66. The minimum Gasteiger partial charge on any atom is -0.385 e. The molecule has 0 bridgehead atoms. The van der Waals surface area contributed by atoms with E-state index in [2.05, 4.69) is 19.2 Å². The molecule has 1 rings (SSSR count). The molecule has 2 nitrogen and oxygen atoms in total. The number of rotatable bonds is 5. The second-order valence-corrected chi connectivity index (χ2v) is 4.67. The van der Waals surface area contributed by atoms with Crippen LogP contribution in [0.2, 0.25) is 0 Å². The molecule has 0 heterocycles. The molecule has 1 saturated carbocycles. The summed E-state index contributed by atoms with van der Waals surface area (Å²) in [6.07, 6.45) is 5.30. The van der Waals surface area contributed by atoms with Crippen LogP contribution in [0.4, 0.5) is 0 Å². The Morgan fingerprint density at radius 1 is 1.29 bits per heavy atom. The first kappa shape index (κ1) is 12.0. The SMILES string of the molecule is COCCCNC1CCCC(C)C1C. The summed E-state index contributed by atoms with van der Waals surface area (Å²) in [6.45, 7) is 6.75. The maximum absolute atomic E-state index is 5.04. The average molecular weight is 199 g/mol. The normalized spacial score (nSPS) is 33.2. The largest absolute Gasteiger partial charge is 0.385 e. The van der Waals surface area contributed by atoms with E-state index in [0.29, 0.717) is 0 Å². The van der Waals surface area contributed by atoms with Crippen LogP contribution in [0.5, 0.6) is 0 Å². The topological polar surface area (TPSA) is 21.3 Å². The molecule has 0 aromatic heterocycles. The van der Waals surface area contributed by atoms with E-state index < -0.39 is 0 Å². The zero-order valence-electron chi connectivity index (χ0n) is 9.88. The Morgan fingerprint density at radius 3 is 2.79 bits per heavy atom. The van der Waals surface area contributed by atoms with Crippen LogP contribution < -0.4 is 5.32 Å². The fraction of sp³-hybridized carbons (Fsp3) is 1.00.